The molecule has 0 bridgehead atoms. The number of rotatable bonds is 4. The lowest BCUT2D eigenvalue weighted by Gasteiger charge is -2.17. The molecule has 0 radical (unpaired) electrons. The summed E-state index contributed by atoms with van der Waals surface area (Å²) in [4.78, 5) is 0. The first kappa shape index (κ1) is 16.3. The van der Waals surface area contributed by atoms with E-state index in [9.17, 15) is 0 Å². The van der Waals surface area contributed by atoms with Gasteiger partial charge in [0.05, 0.1) is 12.0 Å². The van der Waals surface area contributed by atoms with Gasteiger partial charge in [-0.15, -0.1) is 11.6 Å². The topological polar surface area (TPSA) is 9.23 Å². The van der Waals surface area contributed by atoms with Gasteiger partial charge in [0.15, 0.2) is 0 Å². The Balaban J connectivity index is 2.49. The molecule has 0 spiro atoms. The van der Waals surface area contributed by atoms with Crippen LogP contribution in [0, 0.1) is 0 Å². The molecule has 0 amide bonds. The normalized spacial score (nSPS) is 12.2. The van der Waals surface area contributed by atoms with Crippen molar-refractivity contribution in [2.45, 2.75) is 12.3 Å². The number of alkyl halides is 1. The van der Waals surface area contributed by atoms with Gasteiger partial charge in [0.1, 0.15) is 5.75 Å². The van der Waals surface area contributed by atoms with Crippen molar-refractivity contribution in [1.82, 2.24) is 0 Å². The number of hydrogen-bond acceptors (Lipinski definition) is 1. The molecule has 0 aromatic heterocycles. The summed E-state index contributed by atoms with van der Waals surface area (Å²) in [5, 5.41) is -0.291. The zero-order valence-electron chi connectivity index (χ0n) is 10.7. The highest BCUT2D eigenvalue weighted by molar-refractivity contribution is 9.11. The Labute approximate surface area is 149 Å². The van der Waals surface area contributed by atoms with Crippen LogP contribution < -0.4 is 4.74 Å². The molecule has 0 saturated carbocycles. The third kappa shape index (κ3) is 3.79. The number of benzene rings is 2. The Morgan fingerprint density at radius 2 is 1.60 bits per heavy atom. The van der Waals surface area contributed by atoms with E-state index in [1.165, 1.54) is 0 Å². The molecule has 0 aliphatic rings. The van der Waals surface area contributed by atoms with E-state index >= 15 is 0 Å². The van der Waals surface area contributed by atoms with E-state index in [4.69, 9.17) is 16.3 Å². The standard InChI is InChI=1S/C15H12Br3ClO/c1-2-20-14-6-4-10(17)8-12(14)15(19)11-7-9(16)3-5-13(11)18/h3-8,15H,2H2,1H3. The number of halogens is 4. The van der Waals surface area contributed by atoms with Crippen LogP contribution in [-0.2, 0) is 0 Å². The van der Waals surface area contributed by atoms with Crippen molar-refractivity contribution in [1.29, 1.82) is 0 Å². The lowest BCUT2D eigenvalue weighted by Crippen LogP contribution is -2.01. The van der Waals surface area contributed by atoms with Gasteiger partial charge in [-0.1, -0.05) is 47.8 Å². The van der Waals surface area contributed by atoms with Crippen molar-refractivity contribution in [2.75, 3.05) is 6.61 Å². The molecular weight excluding hydrogens is 471 g/mol. The summed E-state index contributed by atoms with van der Waals surface area (Å²) in [5.74, 6) is 0.808. The third-order valence-electron chi connectivity index (χ3n) is 2.78. The highest BCUT2D eigenvalue weighted by Gasteiger charge is 2.19. The number of hydrogen-bond donors (Lipinski definition) is 0. The molecular formula is C15H12Br3ClO. The Morgan fingerprint density at radius 3 is 2.25 bits per heavy atom. The lowest BCUT2D eigenvalue weighted by molar-refractivity contribution is 0.337. The second-order valence-corrected chi connectivity index (χ2v) is 7.27. The van der Waals surface area contributed by atoms with E-state index in [-0.39, 0.29) is 5.38 Å². The van der Waals surface area contributed by atoms with E-state index in [0.717, 1.165) is 30.3 Å². The molecule has 2 rings (SSSR count). The van der Waals surface area contributed by atoms with Crippen LogP contribution in [0.2, 0.25) is 0 Å². The Hall–Kier alpha value is -0.0300. The van der Waals surface area contributed by atoms with Crippen molar-refractivity contribution in [3.05, 3.63) is 60.9 Å². The van der Waals surface area contributed by atoms with E-state index in [1.807, 2.05) is 43.3 Å². The van der Waals surface area contributed by atoms with Crippen LogP contribution in [-0.4, -0.2) is 6.61 Å². The van der Waals surface area contributed by atoms with Gasteiger partial charge in [-0.2, -0.15) is 0 Å². The highest BCUT2D eigenvalue weighted by Crippen LogP contribution is 2.40. The first-order valence-electron chi connectivity index (χ1n) is 6.04. The average Bonchev–Trinajstić information content (AvgIpc) is 2.43. The lowest BCUT2D eigenvalue weighted by atomic mass is 10.0. The summed E-state index contributed by atoms with van der Waals surface area (Å²) in [5.41, 5.74) is 1.95. The van der Waals surface area contributed by atoms with Gasteiger partial charge in [0.25, 0.3) is 0 Å². The molecule has 0 saturated heterocycles. The predicted octanol–water partition coefficient (Wildman–Crippen LogP) is 6.70. The van der Waals surface area contributed by atoms with Gasteiger partial charge in [0.2, 0.25) is 0 Å². The fraction of sp³-hybridized carbons (Fsp3) is 0.200. The first-order valence-corrected chi connectivity index (χ1v) is 8.85. The molecule has 1 unspecified atom stereocenters. The van der Waals surface area contributed by atoms with E-state index in [2.05, 4.69) is 47.8 Å². The second-order valence-electron chi connectivity index (χ2n) is 4.14. The van der Waals surface area contributed by atoms with Crippen LogP contribution >= 0.6 is 59.4 Å². The summed E-state index contributed by atoms with van der Waals surface area (Å²) in [6.45, 7) is 2.57. The largest absolute Gasteiger partial charge is 0.494 e. The van der Waals surface area contributed by atoms with Gasteiger partial charge in [-0.3, -0.25) is 0 Å². The summed E-state index contributed by atoms with van der Waals surface area (Å²) < 4.78 is 8.62. The minimum Gasteiger partial charge on any atom is -0.494 e. The third-order valence-corrected chi connectivity index (χ3v) is 4.95. The van der Waals surface area contributed by atoms with Gasteiger partial charge in [-0.05, 0) is 48.9 Å². The van der Waals surface area contributed by atoms with Gasteiger partial charge >= 0.3 is 0 Å². The molecule has 1 nitrogen and oxygen atoms in total. The van der Waals surface area contributed by atoms with Crippen LogP contribution in [0.4, 0.5) is 0 Å². The van der Waals surface area contributed by atoms with Crippen molar-refractivity contribution < 1.29 is 4.74 Å². The molecule has 0 aliphatic heterocycles. The maximum Gasteiger partial charge on any atom is 0.124 e. The minimum absolute atomic E-state index is 0.291. The molecule has 0 fully saturated rings. The molecule has 2 aromatic rings. The van der Waals surface area contributed by atoms with Crippen molar-refractivity contribution in [2.24, 2.45) is 0 Å². The summed E-state index contributed by atoms with van der Waals surface area (Å²) in [6, 6.07) is 11.8. The van der Waals surface area contributed by atoms with Crippen molar-refractivity contribution in [3.63, 3.8) is 0 Å². The van der Waals surface area contributed by atoms with Crippen LogP contribution in [0.25, 0.3) is 0 Å². The molecule has 0 aliphatic carbocycles. The van der Waals surface area contributed by atoms with Crippen LogP contribution in [0.5, 0.6) is 5.75 Å². The van der Waals surface area contributed by atoms with Crippen molar-refractivity contribution in [3.8, 4) is 5.75 Å². The fourth-order valence-electron chi connectivity index (χ4n) is 1.88. The molecule has 5 heteroatoms. The summed E-state index contributed by atoms with van der Waals surface area (Å²) in [7, 11) is 0. The fourth-order valence-corrected chi connectivity index (χ4v) is 3.60. The van der Waals surface area contributed by atoms with Crippen LogP contribution in [0.1, 0.15) is 23.4 Å². The molecule has 0 heterocycles. The molecule has 0 N–H and O–H groups in total. The van der Waals surface area contributed by atoms with Gasteiger partial charge in [-0.25, -0.2) is 0 Å². The van der Waals surface area contributed by atoms with Crippen LogP contribution in [0.3, 0.4) is 0 Å². The summed E-state index contributed by atoms with van der Waals surface area (Å²) in [6.07, 6.45) is 0. The summed E-state index contributed by atoms with van der Waals surface area (Å²) >= 11 is 17.2. The monoisotopic (exact) mass is 480 g/mol. The molecule has 2 aromatic carbocycles. The maximum absolute atomic E-state index is 6.67. The molecule has 106 valence electrons. The highest BCUT2D eigenvalue weighted by atomic mass is 79.9. The molecule has 1 atom stereocenters. The SMILES string of the molecule is CCOc1ccc(Br)cc1C(Cl)c1cc(Br)ccc1Br. The second kappa shape index (κ2) is 7.30. The first-order chi connectivity index (χ1) is 9.52. The van der Waals surface area contributed by atoms with Gasteiger partial charge < -0.3 is 4.74 Å². The maximum atomic E-state index is 6.67. The Bertz CT molecular complexity index is 616. The zero-order valence-corrected chi connectivity index (χ0v) is 16.2. The van der Waals surface area contributed by atoms with Crippen molar-refractivity contribution >= 4 is 59.4 Å². The Kier molecular flexibility index (Phi) is 5.96. The van der Waals surface area contributed by atoms with Gasteiger partial charge in [0, 0.05) is 19.0 Å². The predicted molar refractivity (Wildman–Crippen MR) is 94.8 cm³/mol. The average molecular weight is 483 g/mol. The zero-order chi connectivity index (χ0) is 14.7. The van der Waals surface area contributed by atoms with E-state index < -0.39 is 0 Å². The van der Waals surface area contributed by atoms with E-state index in [0.29, 0.717) is 6.61 Å². The van der Waals surface area contributed by atoms with Crippen LogP contribution in [0.15, 0.2) is 49.8 Å². The van der Waals surface area contributed by atoms with E-state index in [1.54, 1.807) is 0 Å². The smallest absolute Gasteiger partial charge is 0.124 e. The molecule has 20 heavy (non-hydrogen) atoms. The quantitative estimate of drug-likeness (QED) is 0.440. The number of ether oxygens (including phenoxy) is 1. The minimum atomic E-state index is -0.291. The Morgan fingerprint density at radius 1 is 1.00 bits per heavy atom.